The minimum absolute atomic E-state index is 0. The van der Waals surface area contributed by atoms with Crippen LogP contribution < -0.4 is 14.8 Å². The largest absolute Gasteiger partial charge is 0.496 e. The fourth-order valence-electron chi connectivity index (χ4n) is 2.98. The molecule has 11 heteroatoms. The number of benzene rings is 1. The average Bonchev–Trinajstić information content (AvgIpc) is 2.56. The van der Waals surface area contributed by atoms with Gasteiger partial charge in [-0.1, -0.05) is 0 Å². The first-order valence-electron chi connectivity index (χ1n) is 8.22. The molecular weight excluding hydrogens is 407 g/mol. The zero-order chi connectivity index (χ0) is 19.5. The smallest absolute Gasteiger partial charge is 0.405 e. The summed E-state index contributed by atoms with van der Waals surface area (Å²) in [7, 11) is -2.61. The molecular formula is C16H25ClF3N3O3S. The van der Waals surface area contributed by atoms with Crippen molar-refractivity contribution < 1.29 is 26.3 Å². The fourth-order valence-corrected chi connectivity index (χ4v) is 4.33. The Balaban J connectivity index is 0.00000364. The Morgan fingerprint density at radius 1 is 1.22 bits per heavy atom. The van der Waals surface area contributed by atoms with Gasteiger partial charge in [0, 0.05) is 32.7 Å². The predicted molar refractivity (Wildman–Crippen MR) is 99.2 cm³/mol. The molecule has 1 aliphatic rings. The molecule has 0 aliphatic carbocycles. The van der Waals surface area contributed by atoms with Crippen LogP contribution in [0.2, 0.25) is 0 Å². The summed E-state index contributed by atoms with van der Waals surface area (Å²) in [6.45, 7) is 3.84. The van der Waals surface area contributed by atoms with Crippen LogP contribution in [0.4, 0.5) is 13.2 Å². The van der Waals surface area contributed by atoms with E-state index < -0.39 is 28.8 Å². The van der Waals surface area contributed by atoms with E-state index in [-0.39, 0.29) is 30.4 Å². The van der Waals surface area contributed by atoms with Gasteiger partial charge in [-0.25, -0.2) is 13.1 Å². The maximum Gasteiger partial charge on any atom is 0.405 e. The van der Waals surface area contributed by atoms with Crippen molar-refractivity contribution >= 4 is 22.4 Å². The van der Waals surface area contributed by atoms with Gasteiger partial charge >= 0.3 is 6.18 Å². The van der Waals surface area contributed by atoms with Crippen molar-refractivity contribution in [3.05, 3.63) is 23.3 Å². The van der Waals surface area contributed by atoms with Gasteiger partial charge in [0.15, 0.2) is 0 Å². The lowest BCUT2D eigenvalue weighted by Crippen LogP contribution is -2.57. The maximum absolute atomic E-state index is 13.4. The SMILES string of the molecule is COc1cc(C)c(S(=O)(=O)NCC(N2CCNCC2)C(F)(F)F)cc1C.Cl. The molecule has 1 unspecified atom stereocenters. The lowest BCUT2D eigenvalue weighted by Gasteiger charge is -2.35. The number of ether oxygens (including phenoxy) is 1. The number of nitrogens with one attached hydrogen (secondary N) is 2. The first-order chi connectivity index (χ1) is 12.1. The van der Waals surface area contributed by atoms with Crippen LogP contribution in [0.3, 0.4) is 0 Å². The van der Waals surface area contributed by atoms with Gasteiger partial charge in [-0.05, 0) is 37.1 Å². The van der Waals surface area contributed by atoms with Crippen LogP contribution in [0.25, 0.3) is 0 Å². The molecule has 27 heavy (non-hydrogen) atoms. The summed E-state index contributed by atoms with van der Waals surface area (Å²) in [5, 5.41) is 2.98. The quantitative estimate of drug-likeness (QED) is 0.719. The van der Waals surface area contributed by atoms with E-state index in [0.717, 1.165) is 0 Å². The number of methoxy groups -OCH3 is 1. The number of piperazine rings is 1. The van der Waals surface area contributed by atoms with Crippen LogP contribution in [-0.4, -0.2) is 65.4 Å². The molecule has 156 valence electrons. The second kappa shape index (κ2) is 9.42. The van der Waals surface area contributed by atoms with Gasteiger partial charge in [0.2, 0.25) is 10.0 Å². The van der Waals surface area contributed by atoms with Gasteiger partial charge in [-0.15, -0.1) is 12.4 Å². The highest BCUT2D eigenvalue weighted by Gasteiger charge is 2.44. The number of alkyl halides is 3. The molecule has 1 saturated heterocycles. The molecule has 0 bridgehead atoms. The monoisotopic (exact) mass is 431 g/mol. The molecule has 6 nitrogen and oxygen atoms in total. The number of halogens is 4. The number of hydrogen-bond acceptors (Lipinski definition) is 5. The Labute approximate surface area is 163 Å². The van der Waals surface area contributed by atoms with Crippen molar-refractivity contribution in [1.29, 1.82) is 0 Å². The van der Waals surface area contributed by atoms with Crippen molar-refractivity contribution in [3.63, 3.8) is 0 Å². The third-order valence-corrected chi connectivity index (χ3v) is 5.98. The van der Waals surface area contributed by atoms with E-state index in [9.17, 15) is 21.6 Å². The van der Waals surface area contributed by atoms with Crippen molar-refractivity contribution in [1.82, 2.24) is 14.9 Å². The van der Waals surface area contributed by atoms with E-state index in [1.807, 2.05) is 0 Å². The molecule has 1 heterocycles. The van der Waals surface area contributed by atoms with Gasteiger partial charge in [-0.2, -0.15) is 13.2 Å². The summed E-state index contributed by atoms with van der Waals surface area (Å²) >= 11 is 0. The molecule has 1 aliphatic heterocycles. The summed E-state index contributed by atoms with van der Waals surface area (Å²) in [4.78, 5) is 1.21. The third-order valence-electron chi connectivity index (χ3n) is 4.42. The third kappa shape index (κ3) is 5.95. The van der Waals surface area contributed by atoms with Gasteiger partial charge in [0.05, 0.1) is 12.0 Å². The first kappa shape index (κ1) is 24.0. The van der Waals surface area contributed by atoms with E-state index in [2.05, 4.69) is 10.0 Å². The van der Waals surface area contributed by atoms with Crippen LogP contribution in [0, 0.1) is 13.8 Å². The molecule has 0 aromatic heterocycles. The Bertz CT molecular complexity index is 738. The second-order valence-electron chi connectivity index (χ2n) is 6.28. The standard InChI is InChI=1S/C16H24F3N3O3S.ClH/c1-11-9-14(12(2)8-13(11)25-3)26(23,24)21-10-15(16(17,18)19)22-6-4-20-5-7-22;/h8-9,15,20-21H,4-7,10H2,1-3H3;1H. The van der Waals surface area contributed by atoms with E-state index in [1.165, 1.54) is 18.1 Å². The highest BCUT2D eigenvalue weighted by molar-refractivity contribution is 7.89. The first-order valence-corrected chi connectivity index (χ1v) is 9.71. The van der Waals surface area contributed by atoms with Crippen molar-refractivity contribution in [2.45, 2.75) is 31.0 Å². The maximum atomic E-state index is 13.4. The Kier molecular flexibility index (Phi) is 8.36. The molecule has 1 fully saturated rings. The Hall–Kier alpha value is -1.07. The van der Waals surface area contributed by atoms with Crippen LogP contribution >= 0.6 is 12.4 Å². The van der Waals surface area contributed by atoms with Gasteiger partial charge < -0.3 is 10.1 Å². The van der Waals surface area contributed by atoms with E-state index in [4.69, 9.17) is 4.74 Å². The number of sulfonamides is 1. The zero-order valence-electron chi connectivity index (χ0n) is 15.4. The number of hydrogen-bond donors (Lipinski definition) is 2. The van der Waals surface area contributed by atoms with Crippen LogP contribution in [0.5, 0.6) is 5.75 Å². The highest BCUT2D eigenvalue weighted by atomic mass is 35.5. The lowest BCUT2D eigenvalue weighted by molar-refractivity contribution is -0.182. The lowest BCUT2D eigenvalue weighted by atomic mass is 10.1. The normalized spacial score (nSPS) is 17.3. The molecule has 1 aromatic rings. The van der Waals surface area contributed by atoms with Gasteiger partial charge in [0.1, 0.15) is 11.8 Å². The fraction of sp³-hybridized carbons (Fsp3) is 0.625. The predicted octanol–water partition coefficient (Wildman–Crippen LogP) is 1.85. The van der Waals surface area contributed by atoms with Crippen molar-refractivity contribution in [3.8, 4) is 5.75 Å². The number of rotatable bonds is 6. The van der Waals surface area contributed by atoms with Crippen LogP contribution in [0.15, 0.2) is 17.0 Å². The second-order valence-corrected chi connectivity index (χ2v) is 8.02. The molecule has 0 amide bonds. The topological polar surface area (TPSA) is 70.7 Å². The van der Waals surface area contributed by atoms with Gasteiger partial charge in [-0.3, -0.25) is 4.90 Å². The molecule has 2 N–H and O–H groups in total. The highest BCUT2D eigenvalue weighted by Crippen LogP contribution is 2.27. The molecule has 1 aromatic carbocycles. The zero-order valence-corrected chi connectivity index (χ0v) is 17.0. The minimum atomic E-state index is -4.52. The molecule has 0 spiro atoms. The molecule has 1 atom stereocenters. The summed E-state index contributed by atoms with van der Waals surface area (Å²) < 4.78 is 72.6. The summed E-state index contributed by atoms with van der Waals surface area (Å²) in [6.07, 6.45) is -4.52. The summed E-state index contributed by atoms with van der Waals surface area (Å²) in [5.74, 6) is 0.524. The summed E-state index contributed by atoms with van der Waals surface area (Å²) in [5.41, 5.74) is 0.999. The van der Waals surface area contributed by atoms with E-state index in [0.29, 0.717) is 30.0 Å². The van der Waals surface area contributed by atoms with E-state index in [1.54, 1.807) is 19.9 Å². The molecule has 2 rings (SSSR count). The van der Waals surface area contributed by atoms with Crippen LogP contribution in [0.1, 0.15) is 11.1 Å². The molecule has 0 saturated carbocycles. The Morgan fingerprint density at radius 3 is 2.33 bits per heavy atom. The Morgan fingerprint density at radius 2 is 1.81 bits per heavy atom. The number of aryl methyl sites for hydroxylation is 2. The minimum Gasteiger partial charge on any atom is -0.496 e. The molecule has 0 radical (unpaired) electrons. The van der Waals surface area contributed by atoms with Crippen molar-refractivity contribution in [2.24, 2.45) is 0 Å². The van der Waals surface area contributed by atoms with Crippen LogP contribution in [-0.2, 0) is 10.0 Å². The average molecular weight is 432 g/mol. The van der Waals surface area contributed by atoms with E-state index >= 15 is 0 Å². The number of nitrogens with zero attached hydrogens (tertiary/aromatic N) is 1. The van der Waals surface area contributed by atoms with Gasteiger partial charge in [0.25, 0.3) is 0 Å². The summed E-state index contributed by atoms with van der Waals surface area (Å²) in [6, 6.07) is 1.10. The van der Waals surface area contributed by atoms with Crippen molar-refractivity contribution in [2.75, 3.05) is 39.8 Å².